The summed E-state index contributed by atoms with van der Waals surface area (Å²) in [7, 11) is 0. The fourth-order valence-corrected chi connectivity index (χ4v) is 4.42. The summed E-state index contributed by atoms with van der Waals surface area (Å²) in [6.45, 7) is 3.23. The Morgan fingerprint density at radius 1 is 1.04 bits per heavy atom. The lowest BCUT2D eigenvalue weighted by Gasteiger charge is -2.31. The summed E-state index contributed by atoms with van der Waals surface area (Å²) in [6, 6.07) is 1.50. The van der Waals surface area contributed by atoms with Gasteiger partial charge in [0, 0.05) is 6.61 Å². The maximum atomic E-state index is 12.8. The van der Waals surface area contributed by atoms with Crippen molar-refractivity contribution in [1.29, 1.82) is 5.26 Å². The molecule has 0 radical (unpaired) electrons. The molecule has 2 aliphatic carbocycles. The minimum absolute atomic E-state index is 0.410. The summed E-state index contributed by atoms with van der Waals surface area (Å²) in [5.41, 5.74) is 0. The third-order valence-corrected chi connectivity index (χ3v) is 6.20. The van der Waals surface area contributed by atoms with Crippen LogP contribution >= 0.6 is 0 Å². The van der Waals surface area contributed by atoms with Crippen LogP contribution in [-0.4, -0.2) is 12.7 Å². The predicted octanol–water partition coefficient (Wildman–Crippen LogP) is 6.88. The van der Waals surface area contributed by atoms with Crippen LogP contribution in [0.15, 0.2) is 24.1 Å². The van der Waals surface area contributed by atoms with E-state index in [1.54, 1.807) is 6.08 Å². The van der Waals surface area contributed by atoms with E-state index in [1.165, 1.54) is 63.5 Å². The smallest absolute Gasteiger partial charge is 0.199 e. The van der Waals surface area contributed by atoms with Crippen molar-refractivity contribution in [2.75, 3.05) is 6.61 Å². The third kappa shape index (κ3) is 8.04. The van der Waals surface area contributed by atoms with E-state index in [0.717, 1.165) is 44.1 Å². The van der Waals surface area contributed by atoms with Gasteiger partial charge in [0.25, 0.3) is 0 Å². The first-order valence-electron chi connectivity index (χ1n) is 10.8. The van der Waals surface area contributed by atoms with Crippen LogP contribution in [0, 0.1) is 29.1 Å². The van der Waals surface area contributed by atoms with Gasteiger partial charge in [0.1, 0.15) is 6.07 Å². The molecule has 0 unspecified atom stereocenters. The maximum Gasteiger partial charge on any atom is 0.199 e. The Balaban J connectivity index is 1.56. The summed E-state index contributed by atoms with van der Waals surface area (Å²) < 4.78 is 19.0. The van der Waals surface area contributed by atoms with Crippen LogP contribution < -0.4 is 0 Å². The highest BCUT2D eigenvalue weighted by Crippen LogP contribution is 2.33. The van der Waals surface area contributed by atoms with Gasteiger partial charge >= 0.3 is 0 Å². The number of nitrogens with zero attached hydrogens (tertiary/aromatic N) is 1. The molecule has 0 aromatic heterocycles. The van der Waals surface area contributed by atoms with Gasteiger partial charge < -0.3 is 4.74 Å². The van der Waals surface area contributed by atoms with Gasteiger partial charge in [0.15, 0.2) is 5.83 Å². The lowest BCUT2D eigenvalue weighted by Crippen LogP contribution is -2.25. The summed E-state index contributed by atoms with van der Waals surface area (Å²) in [4.78, 5) is 0. The second-order valence-corrected chi connectivity index (χ2v) is 8.26. The molecule has 0 heterocycles. The molecule has 0 aliphatic heterocycles. The molecule has 0 aromatic rings. The molecule has 0 spiro atoms. The molecule has 0 bridgehead atoms. The molecule has 2 saturated carbocycles. The Morgan fingerprint density at radius 3 is 2.38 bits per heavy atom. The fourth-order valence-electron chi connectivity index (χ4n) is 4.42. The second kappa shape index (κ2) is 12.3. The molecule has 0 aromatic carbocycles. The Bertz CT molecular complexity index is 477. The molecule has 2 fully saturated rings. The SMILES string of the molecule is CCCCC[C@H]1CC[C@H](CO[C@H]2CC[C@H](C=CC=C(F)C#N)CC2)CC1. The molecular formula is C23H36FNO. The highest BCUT2D eigenvalue weighted by Gasteiger charge is 2.24. The number of ether oxygens (including phenoxy) is 1. The number of allylic oxidation sites excluding steroid dienone is 4. The topological polar surface area (TPSA) is 33.0 Å². The van der Waals surface area contributed by atoms with Crippen molar-refractivity contribution in [1.82, 2.24) is 0 Å². The minimum atomic E-state index is -0.724. The van der Waals surface area contributed by atoms with Gasteiger partial charge in [0.2, 0.25) is 0 Å². The largest absolute Gasteiger partial charge is 0.378 e. The van der Waals surface area contributed by atoms with E-state index in [2.05, 4.69) is 6.92 Å². The van der Waals surface area contributed by atoms with Crippen molar-refractivity contribution in [2.24, 2.45) is 17.8 Å². The molecule has 0 N–H and O–H groups in total. The van der Waals surface area contributed by atoms with E-state index >= 15 is 0 Å². The standard InChI is InChI=1S/C23H36FNO/c1-2-3-4-6-19-9-11-21(12-10-19)18-26-23-15-13-20(14-16-23)7-5-8-22(24)17-25/h5,7-8,19-21,23H,2-4,6,9-16,18H2,1H3/t19-,20-,21-,23-. The van der Waals surface area contributed by atoms with Crippen molar-refractivity contribution < 1.29 is 9.13 Å². The van der Waals surface area contributed by atoms with Gasteiger partial charge in [-0.3, -0.25) is 0 Å². The molecular weight excluding hydrogens is 325 g/mol. The average molecular weight is 362 g/mol. The zero-order chi connectivity index (χ0) is 18.6. The molecule has 2 aliphatic rings. The van der Waals surface area contributed by atoms with Crippen molar-refractivity contribution in [3.63, 3.8) is 0 Å². The number of nitriles is 1. The van der Waals surface area contributed by atoms with Gasteiger partial charge in [-0.25, -0.2) is 0 Å². The average Bonchev–Trinajstić information content (AvgIpc) is 2.68. The van der Waals surface area contributed by atoms with Crippen LogP contribution in [0.1, 0.15) is 84.0 Å². The lowest BCUT2D eigenvalue weighted by atomic mass is 9.80. The Kier molecular flexibility index (Phi) is 10.00. The van der Waals surface area contributed by atoms with Crippen molar-refractivity contribution in [2.45, 2.75) is 90.1 Å². The molecule has 26 heavy (non-hydrogen) atoms. The Hall–Kier alpha value is -1.14. The molecule has 3 heteroatoms. The fraction of sp³-hybridized carbons (Fsp3) is 0.783. The predicted molar refractivity (Wildman–Crippen MR) is 105 cm³/mol. The molecule has 2 rings (SSSR count). The van der Waals surface area contributed by atoms with Crippen LogP contribution in [0.25, 0.3) is 0 Å². The van der Waals surface area contributed by atoms with Gasteiger partial charge in [-0.1, -0.05) is 57.6 Å². The number of halogens is 1. The summed E-state index contributed by atoms with van der Waals surface area (Å²) in [5.74, 6) is 1.52. The van der Waals surface area contributed by atoms with Crippen molar-refractivity contribution >= 4 is 0 Å². The number of rotatable bonds is 9. The van der Waals surface area contributed by atoms with Crippen LogP contribution in [0.5, 0.6) is 0 Å². The quantitative estimate of drug-likeness (QED) is 0.255. The van der Waals surface area contributed by atoms with E-state index in [4.69, 9.17) is 10.00 Å². The van der Waals surface area contributed by atoms with Crippen LogP contribution in [-0.2, 0) is 4.74 Å². The van der Waals surface area contributed by atoms with Crippen LogP contribution in [0.4, 0.5) is 4.39 Å². The van der Waals surface area contributed by atoms with E-state index < -0.39 is 5.83 Å². The maximum absolute atomic E-state index is 12.8. The van der Waals surface area contributed by atoms with Crippen molar-refractivity contribution in [3.8, 4) is 6.07 Å². The first-order chi connectivity index (χ1) is 12.7. The first-order valence-corrected chi connectivity index (χ1v) is 10.8. The molecule has 0 saturated heterocycles. The van der Waals surface area contributed by atoms with E-state index in [-0.39, 0.29) is 0 Å². The van der Waals surface area contributed by atoms with Crippen molar-refractivity contribution in [3.05, 3.63) is 24.1 Å². The lowest BCUT2D eigenvalue weighted by molar-refractivity contribution is -0.00663. The summed E-state index contributed by atoms with van der Waals surface area (Å²) in [6.07, 6.45) is 20.9. The van der Waals surface area contributed by atoms with Gasteiger partial charge in [-0.15, -0.1) is 0 Å². The first kappa shape index (κ1) is 21.2. The number of hydrogen-bond acceptors (Lipinski definition) is 2. The normalized spacial score (nSPS) is 30.4. The molecule has 2 nitrogen and oxygen atoms in total. The second-order valence-electron chi connectivity index (χ2n) is 8.26. The third-order valence-electron chi connectivity index (χ3n) is 6.20. The molecule has 0 amide bonds. The van der Waals surface area contributed by atoms with Crippen LogP contribution in [0.2, 0.25) is 0 Å². The Morgan fingerprint density at radius 2 is 1.73 bits per heavy atom. The zero-order valence-corrected chi connectivity index (χ0v) is 16.5. The molecule has 146 valence electrons. The number of unbranched alkanes of at least 4 members (excludes halogenated alkanes) is 2. The van der Waals surface area contributed by atoms with Crippen LogP contribution in [0.3, 0.4) is 0 Å². The summed E-state index contributed by atoms with van der Waals surface area (Å²) in [5, 5.41) is 8.39. The number of hydrogen-bond donors (Lipinski definition) is 0. The van der Waals surface area contributed by atoms with Gasteiger partial charge in [-0.2, -0.15) is 9.65 Å². The highest BCUT2D eigenvalue weighted by molar-refractivity contribution is 5.19. The van der Waals surface area contributed by atoms with E-state index in [9.17, 15) is 4.39 Å². The Labute approximate surface area is 159 Å². The molecule has 0 atom stereocenters. The zero-order valence-electron chi connectivity index (χ0n) is 16.5. The van der Waals surface area contributed by atoms with E-state index in [1.807, 2.05) is 6.08 Å². The highest BCUT2D eigenvalue weighted by atomic mass is 19.1. The summed E-state index contributed by atoms with van der Waals surface area (Å²) >= 11 is 0. The van der Waals surface area contributed by atoms with Gasteiger partial charge in [0.05, 0.1) is 6.10 Å². The minimum Gasteiger partial charge on any atom is -0.378 e. The van der Waals surface area contributed by atoms with Gasteiger partial charge in [-0.05, 0) is 62.4 Å². The monoisotopic (exact) mass is 361 g/mol. The van der Waals surface area contributed by atoms with E-state index in [0.29, 0.717) is 12.0 Å².